The number of carbonyl (C=O) groups excluding carboxylic acids is 2. The third-order valence-corrected chi connectivity index (χ3v) is 5.87. The second kappa shape index (κ2) is 8.54. The Labute approximate surface area is 165 Å². The Kier molecular flexibility index (Phi) is 5.69. The Bertz CT molecular complexity index is 792. The van der Waals surface area contributed by atoms with Gasteiger partial charge in [0.25, 0.3) is 0 Å². The van der Waals surface area contributed by atoms with Gasteiger partial charge in [-0.1, -0.05) is 30.3 Å². The summed E-state index contributed by atoms with van der Waals surface area (Å²) in [4.78, 5) is 29.8. The van der Waals surface area contributed by atoms with Crippen LogP contribution in [0.5, 0.6) is 0 Å². The number of rotatable bonds is 6. The Balaban J connectivity index is 1.36. The van der Waals surface area contributed by atoms with E-state index in [1.54, 1.807) is 6.20 Å². The van der Waals surface area contributed by atoms with Crippen molar-refractivity contribution in [2.24, 2.45) is 0 Å². The quantitative estimate of drug-likeness (QED) is 0.833. The number of aryl methyl sites for hydroxylation is 1. The first kappa shape index (κ1) is 18.7. The highest BCUT2D eigenvalue weighted by atomic mass is 16.2. The molecule has 2 atom stereocenters. The van der Waals surface area contributed by atoms with Crippen molar-refractivity contribution in [3.8, 4) is 0 Å². The lowest BCUT2D eigenvalue weighted by atomic mass is 10.1. The minimum Gasteiger partial charge on any atom is -0.332 e. The van der Waals surface area contributed by atoms with E-state index in [4.69, 9.17) is 0 Å². The molecular formula is C21H27N5O2. The van der Waals surface area contributed by atoms with Gasteiger partial charge in [0.1, 0.15) is 11.7 Å². The summed E-state index contributed by atoms with van der Waals surface area (Å²) in [6.07, 6.45) is 7.39. The first-order chi connectivity index (χ1) is 13.7. The molecule has 4 rings (SSSR count). The molecule has 1 N–H and O–H groups in total. The largest absolute Gasteiger partial charge is 0.332 e. The zero-order chi connectivity index (χ0) is 19.3. The van der Waals surface area contributed by atoms with Crippen molar-refractivity contribution in [1.82, 2.24) is 25.2 Å². The van der Waals surface area contributed by atoms with Gasteiger partial charge in [-0.05, 0) is 44.1 Å². The minimum atomic E-state index is -0.322. The normalized spacial score (nSPS) is 22.0. The molecule has 2 amide bonds. The van der Waals surface area contributed by atoms with Gasteiger partial charge in [-0.3, -0.25) is 9.59 Å². The molecule has 0 radical (unpaired) electrons. The highest BCUT2D eigenvalue weighted by Crippen LogP contribution is 2.33. The number of hydrogen-bond acceptors (Lipinski definition) is 4. The van der Waals surface area contributed by atoms with Crippen LogP contribution < -0.4 is 0 Å². The summed E-state index contributed by atoms with van der Waals surface area (Å²) in [5.74, 6) is 0.170. The van der Waals surface area contributed by atoms with Crippen LogP contribution in [-0.4, -0.2) is 56.2 Å². The third kappa shape index (κ3) is 3.93. The van der Waals surface area contributed by atoms with E-state index in [1.165, 1.54) is 5.56 Å². The molecule has 0 unspecified atom stereocenters. The van der Waals surface area contributed by atoms with Crippen LogP contribution in [0.15, 0.2) is 36.5 Å². The Hall–Kier alpha value is -2.70. The van der Waals surface area contributed by atoms with Crippen LogP contribution in [0, 0.1) is 0 Å². The number of nitrogens with zero attached hydrogens (tertiary/aromatic N) is 4. The lowest BCUT2D eigenvalue weighted by molar-refractivity contribution is -0.144. The van der Waals surface area contributed by atoms with E-state index >= 15 is 0 Å². The lowest BCUT2D eigenvalue weighted by Gasteiger charge is -2.30. The highest BCUT2D eigenvalue weighted by Gasteiger charge is 2.40. The molecule has 0 bridgehead atoms. The second-order valence-corrected chi connectivity index (χ2v) is 7.67. The summed E-state index contributed by atoms with van der Waals surface area (Å²) in [5.41, 5.74) is 2.06. The summed E-state index contributed by atoms with van der Waals surface area (Å²) in [5, 5.41) is 10.7. The predicted molar refractivity (Wildman–Crippen MR) is 104 cm³/mol. The van der Waals surface area contributed by atoms with Crippen molar-refractivity contribution in [2.75, 3.05) is 13.1 Å². The Morgan fingerprint density at radius 1 is 1.07 bits per heavy atom. The van der Waals surface area contributed by atoms with Crippen LogP contribution in [-0.2, 0) is 16.0 Å². The number of H-pyrrole nitrogens is 1. The van der Waals surface area contributed by atoms with E-state index in [0.29, 0.717) is 13.0 Å². The zero-order valence-electron chi connectivity index (χ0n) is 16.1. The summed E-state index contributed by atoms with van der Waals surface area (Å²) in [6, 6.07) is 9.87. The van der Waals surface area contributed by atoms with Crippen LogP contribution in [0.3, 0.4) is 0 Å². The van der Waals surface area contributed by atoms with Crippen molar-refractivity contribution in [2.45, 2.75) is 57.0 Å². The van der Waals surface area contributed by atoms with E-state index in [1.807, 2.05) is 28.0 Å². The van der Waals surface area contributed by atoms with E-state index in [-0.39, 0.29) is 23.9 Å². The van der Waals surface area contributed by atoms with Gasteiger partial charge in [0, 0.05) is 19.5 Å². The fourth-order valence-electron chi connectivity index (χ4n) is 4.45. The van der Waals surface area contributed by atoms with Crippen molar-refractivity contribution in [1.29, 1.82) is 0 Å². The maximum absolute atomic E-state index is 13.2. The maximum Gasteiger partial charge on any atom is 0.245 e. The third-order valence-electron chi connectivity index (χ3n) is 5.87. The predicted octanol–water partition coefficient (Wildman–Crippen LogP) is 2.48. The van der Waals surface area contributed by atoms with Gasteiger partial charge < -0.3 is 9.80 Å². The summed E-state index contributed by atoms with van der Waals surface area (Å²) in [7, 11) is 0. The van der Waals surface area contributed by atoms with E-state index in [2.05, 4.69) is 27.5 Å². The molecule has 7 nitrogen and oxygen atoms in total. The molecule has 148 valence electrons. The van der Waals surface area contributed by atoms with Gasteiger partial charge in [-0.25, -0.2) is 0 Å². The number of amides is 2. The van der Waals surface area contributed by atoms with Gasteiger partial charge in [0.05, 0.1) is 12.2 Å². The average Bonchev–Trinajstić information content (AvgIpc) is 3.49. The van der Waals surface area contributed by atoms with Crippen LogP contribution in [0.1, 0.15) is 55.8 Å². The molecule has 2 aliphatic heterocycles. The van der Waals surface area contributed by atoms with E-state index in [0.717, 1.165) is 50.8 Å². The van der Waals surface area contributed by atoms with Crippen LogP contribution in [0.4, 0.5) is 0 Å². The van der Waals surface area contributed by atoms with Gasteiger partial charge in [-0.2, -0.15) is 15.4 Å². The monoisotopic (exact) mass is 381 g/mol. The van der Waals surface area contributed by atoms with Gasteiger partial charge in [-0.15, -0.1) is 0 Å². The molecule has 2 aliphatic rings. The molecule has 0 spiro atoms. The molecule has 28 heavy (non-hydrogen) atoms. The van der Waals surface area contributed by atoms with Crippen LogP contribution in [0.25, 0.3) is 0 Å². The van der Waals surface area contributed by atoms with Gasteiger partial charge in [0.2, 0.25) is 11.8 Å². The fraction of sp³-hybridized carbons (Fsp3) is 0.524. The van der Waals surface area contributed by atoms with Gasteiger partial charge in [0.15, 0.2) is 0 Å². The molecule has 3 heterocycles. The zero-order valence-corrected chi connectivity index (χ0v) is 16.1. The Morgan fingerprint density at radius 3 is 2.64 bits per heavy atom. The first-order valence-electron chi connectivity index (χ1n) is 10.2. The number of carbonyl (C=O) groups is 2. The van der Waals surface area contributed by atoms with E-state index < -0.39 is 0 Å². The number of likely N-dealkylation sites (tertiary alicyclic amines) is 2. The molecule has 2 saturated heterocycles. The van der Waals surface area contributed by atoms with Crippen LogP contribution in [0.2, 0.25) is 0 Å². The number of aromatic amines is 1. The van der Waals surface area contributed by atoms with Crippen molar-refractivity contribution < 1.29 is 9.59 Å². The summed E-state index contributed by atoms with van der Waals surface area (Å²) in [6.45, 7) is 1.41. The molecule has 0 aliphatic carbocycles. The average molecular weight is 381 g/mol. The van der Waals surface area contributed by atoms with Crippen molar-refractivity contribution in [3.63, 3.8) is 0 Å². The molecule has 1 aromatic carbocycles. The first-order valence-corrected chi connectivity index (χ1v) is 10.2. The van der Waals surface area contributed by atoms with Crippen LogP contribution >= 0.6 is 0 Å². The second-order valence-electron chi connectivity index (χ2n) is 7.67. The smallest absolute Gasteiger partial charge is 0.245 e. The van der Waals surface area contributed by atoms with Crippen molar-refractivity contribution >= 4 is 11.8 Å². The molecule has 0 saturated carbocycles. The number of aromatic nitrogens is 3. The fourth-order valence-corrected chi connectivity index (χ4v) is 4.45. The number of hydrogen-bond donors (Lipinski definition) is 1. The molecule has 1 aromatic heterocycles. The molecule has 7 heteroatoms. The maximum atomic E-state index is 13.2. The molecule has 2 fully saturated rings. The molecule has 2 aromatic rings. The van der Waals surface area contributed by atoms with Crippen molar-refractivity contribution in [3.05, 3.63) is 47.8 Å². The molecular weight excluding hydrogens is 354 g/mol. The highest BCUT2D eigenvalue weighted by molar-refractivity contribution is 5.88. The SMILES string of the molecule is O=C(CCCc1ccccc1)N1CCC[C@H]1C(=O)N1CCC[C@H]1c1cn[nH]n1. The van der Waals surface area contributed by atoms with E-state index in [9.17, 15) is 9.59 Å². The summed E-state index contributed by atoms with van der Waals surface area (Å²) >= 11 is 0. The topological polar surface area (TPSA) is 82.2 Å². The number of nitrogens with one attached hydrogen (secondary N) is 1. The Morgan fingerprint density at radius 2 is 1.86 bits per heavy atom. The number of benzene rings is 1. The minimum absolute atomic E-state index is 0.0260. The van der Waals surface area contributed by atoms with Gasteiger partial charge >= 0.3 is 0 Å². The standard InChI is InChI=1S/C21H27N5O2/c27-20(12-4-9-16-7-2-1-3-8-16)25-13-6-11-19(25)21(28)26-14-5-10-18(26)17-15-22-24-23-17/h1-3,7-8,15,18-19H,4-6,9-14H2,(H,22,23,24)/t18-,19-/m0/s1. The summed E-state index contributed by atoms with van der Waals surface area (Å²) < 4.78 is 0. The lowest BCUT2D eigenvalue weighted by Crippen LogP contribution is -2.47.